The lowest BCUT2D eigenvalue weighted by Gasteiger charge is -2.04. The Morgan fingerprint density at radius 1 is 1.47 bits per heavy atom. The molecule has 0 fully saturated rings. The van der Waals surface area contributed by atoms with Gasteiger partial charge in [-0.25, -0.2) is 4.39 Å². The third kappa shape index (κ3) is 2.13. The topological polar surface area (TPSA) is 52.0 Å². The Kier molecular flexibility index (Phi) is 3.07. The van der Waals surface area contributed by atoms with Crippen molar-refractivity contribution in [1.29, 1.82) is 0 Å². The minimum absolute atomic E-state index is 0.0638. The van der Waals surface area contributed by atoms with Crippen LogP contribution in [0.1, 0.15) is 18.2 Å². The summed E-state index contributed by atoms with van der Waals surface area (Å²) in [4.78, 5) is 4.03. The third-order valence-electron chi connectivity index (χ3n) is 2.54. The van der Waals surface area contributed by atoms with Gasteiger partial charge in [0.05, 0.1) is 10.7 Å². The van der Waals surface area contributed by atoms with E-state index < -0.39 is 0 Å². The highest BCUT2D eigenvalue weighted by molar-refractivity contribution is 6.33. The first-order valence-corrected chi connectivity index (χ1v) is 5.62. The van der Waals surface area contributed by atoms with Gasteiger partial charge < -0.3 is 10.2 Å². The zero-order chi connectivity index (χ0) is 12.6. The molecule has 0 amide bonds. The van der Waals surface area contributed by atoms with Gasteiger partial charge in [0.1, 0.15) is 5.82 Å². The summed E-state index contributed by atoms with van der Waals surface area (Å²) in [6.45, 7) is 3.57. The summed E-state index contributed by atoms with van der Waals surface area (Å²) in [5, 5.41) is 0.426. The van der Waals surface area contributed by atoms with Crippen LogP contribution < -0.4 is 5.73 Å². The normalized spacial score (nSPS) is 10.8. The first kappa shape index (κ1) is 11.9. The monoisotopic (exact) mass is 254 g/mol. The van der Waals surface area contributed by atoms with E-state index in [1.54, 1.807) is 13.0 Å². The minimum atomic E-state index is -0.332. The second-order valence-corrected chi connectivity index (χ2v) is 4.17. The fourth-order valence-electron chi connectivity index (χ4n) is 1.64. The number of benzene rings is 1. The molecule has 0 aliphatic carbocycles. The summed E-state index contributed by atoms with van der Waals surface area (Å²) >= 11 is 6.08. The lowest BCUT2D eigenvalue weighted by molar-refractivity contribution is 0.589. The van der Waals surface area contributed by atoms with Crippen molar-refractivity contribution in [3.63, 3.8) is 0 Å². The predicted molar refractivity (Wildman–Crippen MR) is 65.4 cm³/mol. The average molecular weight is 255 g/mol. The minimum Gasteiger partial charge on any atom is -0.423 e. The van der Waals surface area contributed by atoms with Crippen LogP contribution in [0.2, 0.25) is 5.02 Å². The van der Waals surface area contributed by atoms with E-state index in [4.69, 9.17) is 21.8 Å². The van der Waals surface area contributed by atoms with Gasteiger partial charge in [-0.05, 0) is 31.0 Å². The molecule has 17 heavy (non-hydrogen) atoms. The molecule has 1 aromatic carbocycles. The Morgan fingerprint density at radius 3 is 2.82 bits per heavy atom. The maximum Gasteiger partial charge on any atom is 0.292 e. The highest BCUT2D eigenvalue weighted by atomic mass is 35.5. The summed E-state index contributed by atoms with van der Waals surface area (Å²) in [6.07, 6.45) is 0.641. The molecule has 1 aromatic heterocycles. The van der Waals surface area contributed by atoms with Crippen LogP contribution in [0.3, 0.4) is 0 Å². The van der Waals surface area contributed by atoms with Crippen LogP contribution in [0.5, 0.6) is 0 Å². The van der Waals surface area contributed by atoms with Crippen molar-refractivity contribution in [2.24, 2.45) is 0 Å². The van der Waals surface area contributed by atoms with Crippen molar-refractivity contribution in [3.05, 3.63) is 34.2 Å². The van der Waals surface area contributed by atoms with Crippen LogP contribution in [0, 0.1) is 12.7 Å². The van der Waals surface area contributed by atoms with Gasteiger partial charge in [0.2, 0.25) is 0 Å². The first-order valence-electron chi connectivity index (χ1n) is 5.24. The summed E-state index contributed by atoms with van der Waals surface area (Å²) in [5.74, 6) is 0.107. The molecule has 0 aliphatic rings. The van der Waals surface area contributed by atoms with Crippen molar-refractivity contribution in [2.75, 3.05) is 5.73 Å². The molecule has 2 N–H and O–H groups in total. The Hall–Kier alpha value is -1.55. The van der Waals surface area contributed by atoms with Gasteiger partial charge in [0, 0.05) is 5.56 Å². The number of anilines is 1. The molecule has 0 unspecified atom stereocenters. The average Bonchev–Trinajstić information content (AvgIpc) is 2.64. The van der Waals surface area contributed by atoms with E-state index in [-0.39, 0.29) is 11.8 Å². The second kappa shape index (κ2) is 4.37. The number of aromatic nitrogens is 1. The van der Waals surface area contributed by atoms with Crippen molar-refractivity contribution >= 4 is 17.6 Å². The van der Waals surface area contributed by atoms with Crippen LogP contribution >= 0.6 is 11.6 Å². The zero-order valence-electron chi connectivity index (χ0n) is 9.55. The maximum absolute atomic E-state index is 13.5. The van der Waals surface area contributed by atoms with Crippen molar-refractivity contribution < 1.29 is 8.81 Å². The number of nitrogens with two attached hydrogens (primary N) is 1. The van der Waals surface area contributed by atoms with Gasteiger partial charge in [-0.15, -0.1) is 0 Å². The number of nitrogens with zero attached hydrogens (tertiary/aromatic N) is 1. The number of rotatable bonds is 2. The molecule has 1 heterocycles. The highest BCUT2D eigenvalue weighted by Gasteiger charge is 2.16. The van der Waals surface area contributed by atoms with E-state index in [0.29, 0.717) is 34.0 Å². The number of aryl methyl sites for hydroxylation is 2. The molecule has 2 rings (SSSR count). The van der Waals surface area contributed by atoms with Crippen molar-refractivity contribution in [1.82, 2.24) is 4.98 Å². The Bertz CT molecular complexity index is 566. The van der Waals surface area contributed by atoms with Crippen LogP contribution in [-0.2, 0) is 6.42 Å². The third-order valence-corrected chi connectivity index (χ3v) is 2.85. The summed E-state index contributed by atoms with van der Waals surface area (Å²) in [7, 11) is 0. The van der Waals surface area contributed by atoms with Crippen molar-refractivity contribution in [2.45, 2.75) is 20.3 Å². The van der Waals surface area contributed by atoms with Gasteiger partial charge in [-0.2, -0.15) is 4.98 Å². The van der Waals surface area contributed by atoms with Crippen LogP contribution in [-0.4, -0.2) is 4.98 Å². The number of nitrogen functional groups attached to an aromatic ring is 1. The van der Waals surface area contributed by atoms with E-state index in [2.05, 4.69) is 4.98 Å². The fraction of sp³-hybridized carbons (Fsp3) is 0.250. The predicted octanol–water partition coefficient (Wildman–Crippen LogP) is 3.59. The van der Waals surface area contributed by atoms with Gasteiger partial charge in [-0.3, -0.25) is 0 Å². The van der Waals surface area contributed by atoms with E-state index in [1.807, 2.05) is 6.92 Å². The largest absolute Gasteiger partial charge is 0.423 e. The van der Waals surface area contributed by atoms with E-state index in [1.165, 1.54) is 6.07 Å². The van der Waals surface area contributed by atoms with Crippen LogP contribution in [0.25, 0.3) is 11.3 Å². The molecule has 0 bridgehead atoms. The summed E-state index contributed by atoms with van der Waals surface area (Å²) in [5.41, 5.74) is 7.14. The van der Waals surface area contributed by atoms with E-state index in [9.17, 15) is 4.39 Å². The standard InChI is InChI=1S/C12H12ClFN2O/c1-3-10-11(17-12(15)16-10)7-5-9(14)6(2)4-8(7)13/h4-5H,3H2,1-2H3,(H2,15,16). The van der Waals surface area contributed by atoms with E-state index >= 15 is 0 Å². The molecule has 0 aliphatic heterocycles. The molecule has 90 valence electrons. The molecule has 3 nitrogen and oxygen atoms in total. The lowest BCUT2D eigenvalue weighted by atomic mass is 10.1. The number of hydrogen-bond acceptors (Lipinski definition) is 3. The quantitative estimate of drug-likeness (QED) is 0.891. The molecule has 0 spiro atoms. The SMILES string of the molecule is CCc1nc(N)oc1-c1cc(F)c(C)cc1Cl. The van der Waals surface area contributed by atoms with Gasteiger partial charge in [0.15, 0.2) is 5.76 Å². The van der Waals surface area contributed by atoms with E-state index in [0.717, 1.165) is 0 Å². The molecule has 0 saturated heterocycles. The molecule has 2 aromatic rings. The lowest BCUT2D eigenvalue weighted by Crippen LogP contribution is -1.89. The van der Waals surface area contributed by atoms with Crippen LogP contribution in [0.4, 0.5) is 10.4 Å². The molecule has 0 atom stereocenters. The molecule has 0 radical (unpaired) electrons. The summed E-state index contributed by atoms with van der Waals surface area (Å²) in [6, 6.07) is 2.97. The van der Waals surface area contributed by atoms with Gasteiger partial charge in [0.25, 0.3) is 6.01 Å². The fourth-order valence-corrected chi connectivity index (χ4v) is 1.94. The summed E-state index contributed by atoms with van der Waals surface area (Å²) < 4.78 is 18.8. The first-order chi connectivity index (χ1) is 8.02. The van der Waals surface area contributed by atoms with Crippen LogP contribution in [0.15, 0.2) is 16.5 Å². The zero-order valence-corrected chi connectivity index (χ0v) is 10.3. The molecular formula is C12H12ClFN2O. The second-order valence-electron chi connectivity index (χ2n) is 3.76. The van der Waals surface area contributed by atoms with Crippen molar-refractivity contribution in [3.8, 4) is 11.3 Å². The molecule has 5 heteroatoms. The highest BCUT2D eigenvalue weighted by Crippen LogP contribution is 2.33. The number of halogens is 2. The Morgan fingerprint density at radius 2 is 2.18 bits per heavy atom. The number of oxazole rings is 1. The Balaban J connectivity index is 2.63. The van der Waals surface area contributed by atoms with Gasteiger partial charge in [-0.1, -0.05) is 18.5 Å². The maximum atomic E-state index is 13.5. The Labute approximate surface area is 103 Å². The smallest absolute Gasteiger partial charge is 0.292 e. The van der Waals surface area contributed by atoms with Gasteiger partial charge >= 0.3 is 0 Å². The molecular weight excluding hydrogens is 243 g/mol. The number of hydrogen-bond donors (Lipinski definition) is 1. The molecule has 0 saturated carbocycles.